The Morgan fingerprint density at radius 2 is 1.29 bits per heavy atom. The van der Waals surface area contributed by atoms with Crippen LogP contribution >= 0.6 is 0 Å². The molecule has 2 heterocycles. The number of carbonyl (C=O) groups is 1. The minimum absolute atomic E-state index is 0.0265. The topological polar surface area (TPSA) is 48.0 Å². The van der Waals surface area contributed by atoms with E-state index in [2.05, 4.69) is 111 Å². The molecule has 0 aliphatic carbocycles. The van der Waals surface area contributed by atoms with Crippen LogP contribution in [0.25, 0.3) is 61.2 Å². The number of nitrogens with zero attached hydrogens (tertiary/aromatic N) is 2. The lowest BCUT2D eigenvalue weighted by Gasteiger charge is -2.24. The first-order valence-corrected chi connectivity index (χ1v) is 16.7. The van der Waals surface area contributed by atoms with E-state index in [0.29, 0.717) is 16.7 Å². The van der Waals surface area contributed by atoms with E-state index in [1.54, 1.807) is 0 Å². The van der Waals surface area contributed by atoms with Crippen LogP contribution in [0.5, 0.6) is 0 Å². The van der Waals surface area contributed by atoms with Crippen molar-refractivity contribution >= 4 is 38.8 Å². The Labute approximate surface area is 280 Å². The highest BCUT2D eigenvalue weighted by Crippen LogP contribution is 2.42. The highest BCUT2D eigenvalue weighted by Gasteiger charge is 2.25. The molecule has 0 saturated carbocycles. The van der Waals surface area contributed by atoms with Crippen molar-refractivity contribution in [3.05, 3.63) is 156 Å². The number of ketones is 1. The molecule has 0 radical (unpaired) electrons. The molecular weight excluding hydrogens is 588 g/mol. The fourth-order valence-corrected chi connectivity index (χ4v) is 6.92. The highest BCUT2D eigenvalue weighted by atomic mass is 16.3. The van der Waals surface area contributed by atoms with E-state index < -0.39 is 0 Å². The Morgan fingerprint density at radius 1 is 0.625 bits per heavy atom. The maximum Gasteiger partial charge on any atom is 0.193 e. The van der Waals surface area contributed by atoms with Gasteiger partial charge in [0.25, 0.3) is 0 Å². The van der Waals surface area contributed by atoms with Crippen LogP contribution < -0.4 is 0 Å². The molecule has 8 rings (SSSR count). The number of benzene rings is 6. The van der Waals surface area contributed by atoms with Gasteiger partial charge < -0.3 is 4.42 Å². The van der Waals surface area contributed by atoms with Crippen molar-refractivity contribution in [3.8, 4) is 28.2 Å². The molecule has 0 atom stereocenters. The van der Waals surface area contributed by atoms with Crippen molar-refractivity contribution in [2.45, 2.75) is 39.5 Å². The molecule has 4 heteroatoms. The number of fused-ring (bicyclic) bond motifs is 4. The molecule has 0 aliphatic heterocycles. The summed E-state index contributed by atoms with van der Waals surface area (Å²) in [5.41, 5.74) is 11.7. The number of para-hydroxylation sites is 3. The molecule has 4 nitrogen and oxygen atoms in total. The number of carbonyl (C=O) groups excluding carboxylic acids is 1. The van der Waals surface area contributed by atoms with Gasteiger partial charge in [-0.05, 0) is 76.6 Å². The van der Waals surface area contributed by atoms with Crippen LogP contribution in [0.4, 0.5) is 0 Å². The largest absolute Gasteiger partial charge is 0.455 e. The quantitative estimate of drug-likeness (QED) is 0.166. The third-order valence-corrected chi connectivity index (χ3v) is 9.34. The molecule has 8 aromatic rings. The van der Waals surface area contributed by atoms with Gasteiger partial charge in [-0.15, -0.1) is 0 Å². The van der Waals surface area contributed by atoms with Crippen LogP contribution in [0.15, 0.2) is 138 Å². The normalized spacial score (nSPS) is 11.8. The molecule has 6 aromatic carbocycles. The number of aromatic nitrogens is 2. The molecule has 0 unspecified atom stereocenters. The van der Waals surface area contributed by atoms with Crippen LogP contribution in [0.3, 0.4) is 0 Å². The Balaban J connectivity index is 1.38. The van der Waals surface area contributed by atoms with Gasteiger partial charge in [-0.2, -0.15) is 0 Å². The second kappa shape index (κ2) is 11.8. The van der Waals surface area contributed by atoms with Gasteiger partial charge in [-0.3, -0.25) is 9.36 Å². The number of hydrogen-bond acceptors (Lipinski definition) is 3. The Morgan fingerprint density at radius 3 is 2.00 bits per heavy atom. The SMILES string of the molecule is CC(C)c1cc(-c2ccccc2)cc(C(C)C)c1-n1c(-c2cccc3c2oc2cc(C(=O)c4ccccc4)ccc23)nc2ccccc21. The van der Waals surface area contributed by atoms with E-state index >= 15 is 0 Å². The summed E-state index contributed by atoms with van der Waals surface area (Å²) in [6.45, 7) is 9.07. The van der Waals surface area contributed by atoms with Crippen molar-refractivity contribution in [1.29, 1.82) is 0 Å². The zero-order chi connectivity index (χ0) is 32.9. The van der Waals surface area contributed by atoms with Crippen molar-refractivity contribution in [2.24, 2.45) is 0 Å². The predicted molar refractivity (Wildman–Crippen MR) is 197 cm³/mol. The first-order chi connectivity index (χ1) is 23.4. The van der Waals surface area contributed by atoms with Crippen molar-refractivity contribution < 1.29 is 9.21 Å². The van der Waals surface area contributed by atoms with Gasteiger partial charge in [0.1, 0.15) is 17.0 Å². The Bertz CT molecular complexity index is 2440. The van der Waals surface area contributed by atoms with Crippen molar-refractivity contribution in [2.75, 3.05) is 0 Å². The van der Waals surface area contributed by atoms with Crippen LogP contribution in [-0.2, 0) is 0 Å². The van der Waals surface area contributed by atoms with E-state index in [1.807, 2.05) is 54.6 Å². The minimum atomic E-state index is -0.0265. The van der Waals surface area contributed by atoms with Crippen LogP contribution in [0, 0.1) is 0 Å². The summed E-state index contributed by atoms with van der Waals surface area (Å²) >= 11 is 0. The summed E-state index contributed by atoms with van der Waals surface area (Å²) in [7, 11) is 0. The van der Waals surface area contributed by atoms with E-state index in [-0.39, 0.29) is 17.6 Å². The third-order valence-electron chi connectivity index (χ3n) is 9.34. The van der Waals surface area contributed by atoms with Gasteiger partial charge in [-0.25, -0.2) is 4.98 Å². The zero-order valence-electron chi connectivity index (χ0n) is 27.6. The maximum absolute atomic E-state index is 13.3. The number of imidazole rings is 1. The molecule has 0 N–H and O–H groups in total. The van der Waals surface area contributed by atoms with Gasteiger partial charge in [-0.1, -0.05) is 119 Å². The summed E-state index contributed by atoms with van der Waals surface area (Å²) in [6.07, 6.45) is 0. The van der Waals surface area contributed by atoms with Crippen LogP contribution in [0.2, 0.25) is 0 Å². The van der Waals surface area contributed by atoms with E-state index in [4.69, 9.17) is 9.40 Å². The monoisotopic (exact) mass is 624 g/mol. The molecule has 0 aliphatic rings. The molecule has 48 heavy (non-hydrogen) atoms. The van der Waals surface area contributed by atoms with Crippen molar-refractivity contribution in [3.63, 3.8) is 0 Å². The fourth-order valence-electron chi connectivity index (χ4n) is 6.92. The summed E-state index contributed by atoms with van der Waals surface area (Å²) < 4.78 is 9.03. The first-order valence-electron chi connectivity index (χ1n) is 16.7. The van der Waals surface area contributed by atoms with Gasteiger partial charge in [0.15, 0.2) is 5.78 Å². The van der Waals surface area contributed by atoms with Crippen molar-refractivity contribution in [1.82, 2.24) is 9.55 Å². The summed E-state index contributed by atoms with van der Waals surface area (Å²) in [4.78, 5) is 18.6. The molecule has 0 saturated heterocycles. The smallest absolute Gasteiger partial charge is 0.193 e. The first kappa shape index (κ1) is 29.6. The molecule has 0 amide bonds. The third kappa shape index (κ3) is 4.92. The lowest BCUT2D eigenvalue weighted by Crippen LogP contribution is -2.09. The fraction of sp³-hybridized carbons (Fsp3) is 0.136. The molecule has 2 aromatic heterocycles. The standard InChI is InChI=1S/C44H36N2O2/c1-27(2)36-24-32(29-14-7-5-8-15-29)25-37(28(3)4)41(36)46-39-21-12-11-20-38(39)45-44(46)35-19-13-18-34-33-23-22-31(26-40(33)48-43(34)35)42(47)30-16-9-6-10-17-30/h5-28H,1-4H3. The molecule has 0 bridgehead atoms. The molecule has 0 fully saturated rings. The summed E-state index contributed by atoms with van der Waals surface area (Å²) in [5.74, 6) is 1.33. The summed E-state index contributed by atoms with van der Waals surface area (Å²) in [6, 6.07) is 45.1. The lowest BCUT2D eigenvalue weighted by atomic mass is 9.88. The second-order valence-electron chi connectivity index (χ2n) is 13.1. The Kier molecular flexibility index (Phi) is 7.29. The lowest BCUT2D eigenvalue weighted by molar-refractivity contribution is 0.103. The number of rotatable bonds is 7. The number of furan rings is 1. The summed E-state index contributed by atoms with van der Waals surface area (Å²) in [5, 5.41) is 1.96. The van der Waals surface area contributed by atoms with E-state index in [9.17, 15) is 4.79 Å². The highest BCUT2D eigenvalue weighted by molar-refractivity contribution is 6.14. The molecular formula is C44H36N2O2. The second-order valence-corrected chi connectivity index (χ2v) is 13.1. The van der Waals surface area contributed by atoms with Crippen LogP contribution in [0.1, 0.15) is 66.6 Å². The van der Waals surface area contributed by atoms with Crippen LogP contribution in [-0.4, -0.2) is 15.3 Å². The zero-order valence-corrected chi connectivity index (χ0v) is 27.6. The van der Waals surface area contributed by atoms with E-state index in [1.165, 1.54) is 27.9 Å². The van der Waals surface area contributed by atoms with Gasteiger partial charge in [0.05, 0.1) is 22.3 Å². The van der Waals surface area contributed by atoms with Gasteiger partial charge >= 0.3 is 0 Å². The van der Waals surface area contributed by atoms with Gasteiger partial charge in [0.2, 0.25) is 0 Å². The predicted octanol–water partition coefficient (Wildman–Crippen LogP) is 11.7. The molecule has 0 spiro atoms. The average molecular weight is 625 g/mol. The molecule has 234 valence electrons. The minimum Gasteiger partial charge on any atom is -0.455 e. The average Bonchev–Trinajstić information content (AvgIpc) is 3.69. The number of hydrogen-bond donors (Lipinski definition) is 0. The maximum atomic E-state index is 13.3. The Hall–Kier alpha value is -5.74. The van der Waals surface area contributed by atoms with E-state index in [0.717, 1.165) is 38.8 Å². The van der Waals surface area contributed by atoms with Gasteiger partial charge in [0, 0.05) is 21.9 Å².